The van der Waals surface area contributed by atoms with E-state index in [0.29, 0.717) is 5.69 Å². The molecule has 4 heteroatoms. The zero-order chi connectivity index (χ0) is 9.97. The van der Waals surface area contributed by atoms with Crippen molar-refractivity contribution in [1.82, 2.24) is 9.97 Å². The van der Waals surface area contributed by atoms with Crippen LogP contribution in [0.2, 0.25) is 0 Å². The molecular weight excluding hydrogens is 183 g/mol. The fourth-order valence-electron chi connectivity index (χ4n) is 1.13. The van der Waals surface area contributed by atoms with Gasteiger partial charge in [0.2, 0.25) is 0 Å². The van der Waals surface area contributed by atoms with Gasteiger partial charge in [0.1, 0.15) is 5.82 Å². The zero-order valence-electron chi connectivity index (χ0n) is 7.18. The van der Waals surface area contributed by atoms with Gasteiger partial charge in [-0.15, -0.1) is 0 Å². The number of aromatic hydroxyl groups is 1. The summed E-state index contributed by atoms with van der Waals surface area (Å²) < 4.78 is 12.6. The Morgan fingerprint density at radius 1 is 1.07 bits per heavy atom. The molecule has 0 aliphatic carbocycles. The summed E-state index contributed by atoms with van der Waals surface area (Å²) >= 11 is 0. The zero-order valence-corrected chi connectivity index (χ0v) is 7.18. The van der Waals surface area contributed by atoms with E-state index in [1.54, 1.807) is 18.2 Å². The van der Waals surface area contributed by atoms with Crippen LogP contribution in [-0.2, 0) is 0 Å². The molecule has 0 bridgehead atoms. The van der Waals surface area contributed by atoms with E-state index in [1.807, 2.05) is 0 Å². The average Bonchev–Trinajstić information content (AvgIpc) is 2.19. The Morgan fingerprint density at radius 3 is 2.43 bits per heavy atom. The highest BCUT2D eigenvalue weighted by Gasteiger charge is 2.00. The summed E-state index contributed by atoms with van der Waals surface area (Å²) in [5.41, 5.74) is 1.31. The van der Waals surface area contributed by atoms with Gasteiger partial charge in [-0.2, -0.15) is 4.98 Å². The minimum absolute atomic E-state index is 0.285. The summed E-state index contributed by atoms with van der Waals surface area (Å²) in [6.45, 7) is 0. The first-order chi connectivity index (χ1) is 6.75. The Morgan fingerprint density at radius 2 is 1.79 bits per heavy atom. The van der Waals surface area contributed by atoms with Crippen molar-refractivity contribution in [2.24, 2.45) is 0 Å². The molecule has 3 nitrogen and oxygen atoms in total. The molecule has 0 amide bonds. The number of rotatable bonds is 1. The van der Waals surface area contributed by atoms with E-state index in [2.05, 4.69) is 9.97 Å². The Hall–Kier alpha value is -1.97. The van der Waals surface area contributed by atoms with Gasteiger partial charge in [0.25, 0.3) is 0 Å². The van der Waals surface area contributed by atoms with Gasteiger partial charge in [0.05, 0.1) is 5.69 Å². The van der Waals surface area contributed by atoms with Crippen LogP contribution in [0.15, 0.2) is 36.5 Å². The van der Waals surface area contributed by atoms with Crippen LogP contribution in [0, 0.1) is 5.82 Å². The van der Waals surface area contributed by atoms with Crippen LogP contribution in [-0.4, -0.2) is 15.1 Å². The van der Waals surface area contributed by atoms with Crippen LogP contribution in [0.4, 0.5) is 4.39 Å². The van der Waals surface area contributed by atoms with Crippen LogP contribution in [0.5, 0.6) is 6.01 Å². The third-order valence-electron chi connectivity index (χ3n) is 1.78. The molecule has 0 spiro atoms. The van der Waals surface area contributed by atoms with Crippen LogP contribution < -0.4 is 0 Å². The predicted molar refractivity (Wildman–Crippen MR) is 49.1 cm³/mol. The van der Waals surface area contributed by atoms with Crippen molar-refractivity contribution in [3.63, 3.8) is 0 Å². The number of nitrogens with zero attached hydrogens (tertiary/aromatic N) is 2. The first-order valence-corrected chi connectivity index (χ1v) is 4.03. The Labute approximate surface area is 79.9 Å². The first kappa shape index (κ1) is 8.62. The molecule has 2 rings (SSSR count). The molecule has 0 radical (unpaired) electrons. The van der Waals surface area contributed by atoms with Crippen LogP contribution in [0.1, 0.15) is 0 Å². The minimum atomic E-state index is -0.299. The summed E-state index contributed by atoms with van der Waals surface area (Å²) in [4.78, 5) is 7.35. The number of halogens is 1. The van der Waals surface area contributed by atoms with Gasteiger partial charge in [-0.3, -0.25) is 0 Å². The smallest absolute Gasteiger partial charge is 0.314 e. The molecule has 0 aliphatic rings. The van der Waals surface area contributed by atoms with E-state index < -0.39 is 0 Å². The van der Waals surface area contributed by atoms with E-state index in [1.165, 1.54) is 18.3 Å². The lowest BCUT2D eigenvalue weighted by Gasteiger charge is -1.99. The lowest BCUT2D eigenvalue weighted by Crippen LogP contribution is -1.85. The van der Waals surface area contributed by atoms with Crippen LogP contribution in [0.25, 0.3) is 11.3 Å². The molecule has 0 saturated carbocycles. The third kappa shape index (κ3) is 1.69. The van der Waals surface area contributed by atoms with E-state index in [9.17, 15) is 4.39 Å². The van der Waals surface area contributed by atoms with E-state index in [0.717, 1.165) is 5.56 Å². The maximum Gasteiger partial charge on any atom is 0.314 e. The summed E-state index contributed by atoms with van der Waals surface area (Å²) in [6.07, 6.45) is 1.45. The Kier molecular flexibility index (Phi) is 2.10. The molecule has 14 heavy (non-hydrogen) atoms. The summed E-state index contributed by atoms with van der Waals surface area (Å²) in [6, 6.07) is 7.23. The normalized spacial score (nSPS) is 10.1. The van der Waals surface area contributed by atoms with Crippen LogP contribution in [0.3, 0.4) is 0 Å². The van der Waals surface area contributed by atoms with Crippen molar-refractivity contribution in [2.45, 2.75) is 0 Å². The Bertz CT molecular complexity index is 442. The minimum Gasteiger partial charge on any atom is -0.479 e. The monoisotopic (exact) mass is 190 g/mol. The van der Waals surface area contributed by atoms with Gasteiger partial charge < -0.3 is 5.11 Å². The summed E-state index contributed by atoms with van der Waals surface area (Å²) in [5.74, 6) is -0.299. The van der Waals surface area contributed by atoms with Gasteiger partial charge in [-0.25, -0.2) is 9.37 Å². The molecule has 1 aromatic carbocycles. The molecule has 0 unspecified atom stereocenters. The number of aromatic nitrogens is 2. The summed E-state index contributed by atoms with van der Waals surface area (Å²) in [7, 11) is 0. The molecule has 0 fully saturated rings. The molecule has 0 aliphatic heterocycles. The lowest BCUT2D eigenvalue weighted by molar-refractivity contribution is 0.431. The van der Waals surface area contributed by atoms with E-state index in [-0.39, 0.29) is 11.8 Å². The van der Waals surface area contributed by atoms with Crippen molar-refractivity contribution in [1.29, 1.82) is 0 Å². The second-order valence-electron chi connectivity index (χ2n) is 2.75. The fourth-order valence-corrected chi connectivity index (χ4v) is 1.13. The molecule has 1 N–H and O–H groups in total. The highest BCUT2D eigenvalue weighted by atomic mass is 19.1. The quantitative estimate of drug-likeness (QED) is 0.747. The second kappa shape index (κ2) is 3.41. The van der Waals surface area contributed by atoms with Crippen LogP contribution >= 0.6 is 0 Å². The van der Waals surface area contributed by atoms with E-state index in [4.69, 9.17) is 5.11 Å². The maximum absolute atomic E-state index is 12.6. The van der Waals surface area contributed by atoms with Gasteiger partial charge in [0.15, 0.2) is 0 Å². The van der Waals surface area contributed by atoms with Gasteiger partial charge in [0, 0.05) is 11.8 Å². The number of hydrogen-bond donors (Lipinski definition) is 1. The molecule has 70 valence electrons. The lowest BCUT2D eigenvalue weighted by atomic mass is 10.1. The fraction of sp³-hybridized carbons (Fsp3) is 0. The average molecular weight is 190 g/mol. The largest absolute Gasteiger partial charge is 0.479 e. The second-order valence-corrected chi connectivity index (χ2v) is 2.75. The maximum atomic E-state index is 12.6. The van der Waals surface area contributed by atoms with Gasteiger partial charge >= 0.3 is 6.01 Å². The SMILES string of the molecule is Oc1nccc(-c2ccc(F)cc2)n1. The molecule has 0 atom stereocenters. The third-order valence-corrected chi connectivity index (χ3v) is 1.78. The number of benzene rings is 1. The van der Waals surface area contributed by atoms with Crippen molar-refractivity contribution in [2.75, 3.05) is 0 Å². The van der Waals surface area contributed by atoms with E-state index >= 15 is 0 Å². The highest BCUT2D eigenvalue weighted by Crippen LogP contribution is 2.17. The first-order valence-electron chi connectivity index (χ1n) is 4.03. The van der Waals surface area contributed by atoms with Crippen molar-refractivity contribution in [3.05, 3.63) is 42.3 Å². The molecular formula is C10H7FN2O. The molecule has 1 aromatic heterocycles. The predicted octanol–water partition coefficient (Wildman–Crippen LogP) is 1.99. The topological polar surface area (TPSA) is 46.0 Å². The van der Waals surface area contributed by atoms with Crippen molar-refractivity contribution in [3.8, 4) is 17.3 Å². The molecule has 1 heterocycles. The standard InChI is InChI=1S/C10H7FN2O/c11-8-3-1-7(2-4-8)9-5-6-12-10(14)13-9/h1-6H,(H,12,13,14). The Balaban J connectivity index is 2.44. The number of hydrogen-bond acceptors (Lipinski definition) is 3. The highest BCUT2D eigenvalue weighted by molar-refractivity contribution is 5.58. The molecule has 2 aromatic rings. The van der Waals surface area contributed by atoms with Crippen molar-refractivity contribution >= 4 is 0 Å². The van der Waals surface area contributed by atoms with Crippen molar-refractivity contribution < 1.29 is 9.50 Å². The van der Waals surface area contributed by atoms with Gasteiger partial charge in [-0.1, -0.05) is 0 Å². The summed E-state index contributed by atoms with van der Waals surface area (Å²) in [5, 5.41) is 9.03. The molecule has 0 saturated heterocycles. The van der Waals surface area contributed by atoms with Gasteiger partial charge in [-0.05, 0) is 30.3 Å².